The fourth-order valence-electron chi connectivity index (χ4n) is 11.7. The standard InChI is InChI=1S/C77H150O17P2/c1-8-11-12-13-14-37-44-51-58-74(79)87-64-72(94-77(82)61-54-47-40-33-32-36-43-50-57-70(7)10-3)66-91-95(83,84)89-62-71(78)63-90-96(85,86)92-67-73(93-76(81)60-53-46-39-31-27-23-17-15-16-20-24-28-34-41-48-55-68(4)5)65-88-75(80)59-52-45-38-30-26-22-19-18-21-25-29-35-42-49-56-69(6)9-2/h68-73,78H,8-67H2,1-7H3,(H,83,84)(H,85,86)/t69?,70?,71-,72+,73+/m0/s1. The quantitative estimate of drug-likeness (QED) is 0.0222. The number of unbranched alkanes of at least 4 members (excludes halogenated alkanes) is 41. The van der Waals surface area contributed by atoms with E-state index in [4.69, 9.17) is 37.0 Å². The number of ether oxygens (including phenoxy) is 4. The maximum Gasteiger partial charge on any atom is 0.472 e. The average Bonchev–Trinajstić information content (AvgIpc) is 1.18. The molecule has 0 aliphatic rings. The van der Waals surface area contributed by atoms with Gasteiger partial charge in [0.2, 0.25) is 0 Å². The van der Waals surface area contributed by atoms with Gasteiger partial charge >= 0.3 is 39.5 Å². The highest BCUT2D eigenvalue weighted by Gasteiger charge is 2.30. The Morgan fingerprint density at radius 2 is 0.531 bits per heavy atom. The lowest BCUT2D eigenvalue weighted by Gasteiger charge is -2.21. The highest BCUT2D eigenvalue weighted by molar-refractivity contribution is 7.47. The summed E-state index contributed by atoms with van der Waals surface area (Å²) >= 11 is 0. The molecule has 0 amide bonds. The van der Waals surface area contributed by atoms with Gasteiger partial charge < -0.3 is 33.8 Å². The number of carbonyl (C=O) groups excluding carboxylic acids is 4. The Bertz CT molecular complexity index is 1870. The molecule has 0 saturated heterocycles. The van der Waals surface area contributed by atoms with E-state index < -0.39 is 97.5 Å². The Labute approximate surface area is 588 Å². The van der Waals surface area contributed by atoms with Gasteiger partial charge in [0.25, 0.3) is 0 Å². The summed E-state index contributed by atoms with van der Waals surface area (Å²) < 4.78 is 68.5. The van der Waals surface area contributed by atoms with Crippen molar-refractivity contribution >= 4 is 39.5 Å². The van der Waals surface area contributed by atoms with E-state index in [0.29, 0.717) is 25.7 Å². The van der Waals surface area contributed by atoms with Crippen LogP contribution in [-0.2, 0) is 65.4 Å². The molecule has 0 rings (SSSR count). The first kappa shape index (κ1) is 94.1. The lowest BCUT2D eigenvalue weighted by Crippen LogP contribution is -2.30. The summed E-state index contributed by atoms with van der Waals surface area (Å²) in [5.41, 5.74) is 0. The molecule has 7 atom stereocenters. The van der Waals surface area contributed by atoms with E-state index in [2.05, 4.69) is 48.5 Å². The van der Waals surface area contributed by atoms with Gasteiger partial charge in [-0.2, -0.15) is 0 Å². The molecule has 0 radical (unpaired) electrons. The van der Waals surface area contributed by atoms with Gasteiger partial charge in [-0.25, -0.2) is 9.13 Å². The second kappa shape index (κ2) is 67.5. The van der Waals surface area contributed by atoms with E-state index in [1.807, 2.05) is 0 Å². The third-order valence-electron chi connectivity index (χ3n) is 18.6. The molecule has 0 fully saturated rings. The van der Waals surface area contributed by atoms with Crippen LogP contribution in [0.3, 0.4) is 0 Å². The molecule has 570 valence electrons. The van der Waals surface area contributed by atoms with Crippen LogP contribution in [0.1, 0.15) is 395 Å². The number of aliphatic hydroxyl groups is 1. The van der Waals surface area contributed by atoms with E-state index in [0.717, 1.165) is 114 Å². The number of carbonyl (C=O) groups is 4. The van der Waals surface area contributed by atoms with Gasteiger partial charge in [-0.05, 0) is 43.4 Å². The fourth-order valence-corrected chi connectivity index (χ4v) is 13.3. The SMILES string of the molecule is CCCCCCCCCCC(=O)OC[C@H](COP(=O)(O)OC[C@H](O)COP(=O)(O)OC[C@@H](COC(=O)CCCCCCCCCCCCCCCCC(C)CC)OC(=O)CCCCCCCCCCCCCCCCCC(C)C)OC(=O)CCCCCCCCCCC(C)CC. The van der Waals surface area contributed by atoms with Gasteiger partial charge in [0, 0.05) is 25.7 Å². The zero-order chi connectivity index (χ0) is 70.9. The Balaban J connectivity index is 5.21. The second-order valence-corrected chi connectivity index (χ2v) is 31.6. The summed E-state index contributed by atoms with van der Waals surface area (Å²) in [5, 5.41) is 10.6. The van der Waals surface area contributed by atoms with E-state index >= 15 is 0 Å². The fraction of sp³-hybridized carbons (Fsp3) is 0.948. The molecule has 17 nitrogen and oxygen atoms in total. The summed E-state index contributed by atoms with van der Waals surface area (Å²) in [7, 11) is -9.91. The van der Waals surface area contributed by atoms with Gasteiger partial charge in [0.05, 0.1) is 26.4 Å². The van der Waals surface area contributed by atoms with Crippen LogP contribution in [-0.4, -0.2) is 96.7 Å². The molecule has 0 heterocycles. The van der Waals surface area contributed by atoms with Crippen LogP contribution in [0.25, 0.3) is 0 Å². The monoisotopic (exact) mass is 1410 g/mol. The summed E-state index contributed by atoms with van der Waals surface area (Å²) in [5.74, 6) is 0.303. The third kappa shape index (κ3) is 67.9. The Kier molecular flexibility index (Phi) is 66.2. The van der Waals surface area contributed by atoms with Crippen LogP contribution in [0.4, 0.5) is 0 Å². The van der Waals surface area contributed by atoms with Gasteiger partial charge in [-0.15, -0.1) is 0 Å². The first-order chi connectivity index (χ1) is 46.3. The van der Waals surface area contributed by atoms with Crippen molar-refractivity contribution in [1.29, 1.82) is 0 Å². The molecule has 0 aromatic carbocycles. The number of hydrogen-bond donors (Lipinski definition) is 3. The van der Waals surface area contributed by atoms with Crippen LogP contribution in [0.15, 0.2) is 0 Å². The first-order valence-corrected chi connectivity index (χ1v) is 42.9. The topological polar surface area (TPSA) is 237 Å². The largest absolute Gasteiger partial charge is 0.472 e. The maximum absolute atomic E-state index is 13.1. The number of rotatable bonds is 75. The van der Waals surface area contributed by atoms with Crippen molar-refractivity contribution in [2.24, 2.45) is 17.8 Å². The lowest BCUT2D eigenvalue weighted by molar-refractivity contribution is -0.161. The minimum absolute atomic E-state index is 0.105. The third-order valence-corrected chi connectivity index (χ3v) is 20.5. The zero-order valence-electron chi connectivity index (χ0n) is 62.8. The van der Waals surface area contributed by atoms with Gasteiger partial charge in [-0.1, -0.05) is 344 Å². The summed E-state index contributed by atoms with van der Waals surface area (Å²) in [6.45, 7) is 12.0. The van der Waals surface area contributed by atoms with E-state index in [9.17, 15) is 43.2 Å². The molecular weight excluding hydrogens is 1260 g/mol. The Morgan fingerprint density at radius 1 is 0.302 bits per heavy atom. The van der Waals surface area contributed by atoms with Crippen molar-refractivity contribution < 1.29 is 80.2 Å². The molecule has 0 saturated carbocycles. The molecule has 19 heteroatoms. The number of phosphoric ester groups is 2. The van der Waals surface area contributed by atoms with Crippen molar-refractivity contribution in [3.05, 3.63) is 0 Å². The molecular formula is C77H150O17P2. The molecule has 0 aliphatic heterocycles. The van der Waals surface area contributed by atoms with Crippen molar-refractivity contribution in [2.45, 2.75) is 414 Å². The van der Waals surface area contributed by atoms with Crippen molar-refractivity contribution in [1.82, 2.24) is 0 Å². The molecule has 4 unspecified atom stereocenters. The van der Waals surface area contributed by atoms with Crippen molar-refractivity contribution in [2.75, 3.05) is 39.6 Å². The first-order valence-electron chi connectivity index (χ1n) is 39.9. The Morgan fingerprint density at radius 3 is 0.792 bits per heavy atom. The van der Waals surface area contributed by atoms with Crippen LogP contribution in [0, 0.1) is 17.8 Å². The second-order valence-electron chi connectivity index (χ2n) is 28.7. The average molecular weight is 1410 g/mol. The molecule has 0 aromatic rings. The molecule has 0 bridgehead atoms. The molecule has 3 N–H and O–H groups in total. The predicted octanol–water partition coefficient (Wildman–Crippen LogP) is 22.6. The van der Waals surface area contributed by atoms with E-state index in [1.54, 1.807) is 0 Å². The smallest absolute Gasteiger partial charge is 0.462 e. The minimum Gasteiger partial charge on any atom is -0.462 e. The highest BCUT2D eigenvalue weighted by atomic mass is 31.2. The van der Waals surface area contributed by atoms with E-state index in [1.165, 1.54) is 199 Å². The van der Waals surface area contributed by atoms with Crippen LogP contribution >= 0.6 is 15.6 Å². The number of aliphatic hydroxyl groups excluding tert-OH is 1. The number of esters is 4. The maximum atomic E-state index is 13.1. The predicted molar refractivity (Wildman–Crippen MR) is 391 cm³/mol. The van der Waals surface area contributed by atoms with Crippen molar-refractivity contribution in [3.8, 4) is 0 Å². The molecule has 96 heavy (non-hydrogen) atoms. The molecule has 0 aromatic heterocycles. The van der Waals surface area contributed by atoms with Crippen molar-refractivity contribution in [3.63, 3.8) is 0 Å². The summed E-state index contributed by atoms with van der Waals surface area (Å²) in [4.78, 5) is 72.8. The molecule has 0 aliphatic carbocycles. The van der Waals surface area contributed by atoms with Gasteiger partial charge in [-0.3, -0.25) is 37.3 Å². The van der Waals surface area contributed by atoms with Crippen LogP contribution in [0.2, 0.25) is 0 Å². The summed E-state index contributed by atoms with van der Waals surface area (Å²) in [6, 6.07) is 0. The summed E-state index contributed by atoms with van der Waals surface area (Å²) in [6.07, 6.45) is 54.1. The zero-order valence-corrected chi connectivity index (χ0v) is 64.6. The normalized spacial score (nSPS) is 14.6. The highest BCUT2D eigenvalue weighted by Crippen LogP contribution is 2.45. The number of hydrogen-bond acceptors (Lipinski definition) is 15. The minimum atomic E-state index is -4.96. The van der Waals surface area contributed by atoms with E-state index in [-0.39, 0.29) is 25.7 Å². The van der Waals surface area contributed by atoms with Crippen LogP contribution < -0.4 is 0 Å². The Hall–Kier alpha value is -1.94. The van der Waals surface area contributed by atoms with Gasteiger partial charge in [0.15, 0.2) is 12.2 Å². The van der Waals surface area contributed by atoms with Gasteiger partial charge in [0.1, 0.15) is 19.3 Å². The lowest BCUT2D eigenvalue weighted by atomic mass is 9.99. The van der Waals surface area contributed by atoms with Crippen LogP contribution in [0.5, 0.6) is 0 Å². The number of phosphoric acid groups is 2. The molecule has 0 spiro atoms.